The molecule has 2 aliphatic heterocycles. The Labute approximate surface area is 202 Å². The van der Waals surface area contributed by atoms with Gasteiger partial charge in [0.2, 0.25) is 11.9 Å². The summed E-state index contributed by atoms with van der Waals surface area (Å²) in [6.07, 6.45) is 1.85. The zero-order chi connectivity index (χ0) is 22.6. The van der Waals surface area contributed by atoms with Gasteiger partial charge in [0.05, 0.1) is 10.9 Å². The Morgan fingerprint density at radius 3 is 2.48 bits per heavy atom. The van der Waals surface area contributed by atoms with Gasteiger partial charge < -0.3 is 20.6 Å². The van der Waals surface area contributed by atoms with Gasteiger partial charge in [0.25, 0.3) is 0 Å². The van der Waals surface area contributed by atoms with Crippen LogP contribution in [0.25, 0.3) is 0 Å². The van der Waals surface area contributed by atoms with Crippen LogP contribution in [0.4, 0.5) is 11.9 Å². The molecule has 3 aromatic rings. The number of phenolic OH excluding ortho intramolecular Hbond substituents is 1. The molecule has 2 aromatic carbocycles. The Kier molecular flexibility index (Phi) is 6.85. The van der Waals surface area contributed by atoms with E-state index >= 15 is 0 Å². The highest BCUT2D eigenvalue weighted by Crippen LogP contribution is 2.35. The maximum absolute atomic E-state index is 9.47. The summed E-state index contributed by atoms with van der Waals surface area (Å²) in [6, 6.07) is 15.4. The minimum absolute atomic E-state index is 0.0530. The summed E-state index contributed by atoms with van der Waals surface area (Å²) in [5.41, 5.74) is 2.46. The van der Waals surface area contributed by atoms with Gasteiger partial charge in [0.15, 0.2) is 11.0 Å². The maximum Gasteiger partial charge on any atom is 0.352 e. The predicted molar refractivity (Wildman–Crippen MR) is 135 cm³/mol. The van der Waals surface area contributed by atoms with Crippen LogP contribution in [0.1, 0.15) is 11.1 Å². The molecule has 1 aromatic heterocycles. The summed E-state index contributed by atoms with van der Waals surface area (Å²) in [7, 11) is 0.0530. The molecule has 2 aliphatic rings. The number of hydrogen-bond acceptors (Lipinski definition) is 7. The summed E-state index contributed by atoms with van der Waals surface area (Å²) in [6.45, 7) is 4.40. The number of aromatic hydroxyl groups is 1. The number of benzene rings is 2. The third-order valence-electron chi connectivity index (χ3n) is 5.90. The first-order chi connectivity index (χ1) is 16.1. The fourth-order valence-electron chi connectivity index (χ4n) is 3.96. The molecule has 2 atom stereocenters. The van der Waals surface area contributed by atoms with Crippen molar-refractivity contribution in [2.75, 3.05) is 48.7 Å². The average Bonchev–Trinajstić information content (AvgIpc) is 3.61. The summed E-state index contributed by atoms with van der Waals surface area (Å²) in [4.78, 5) is 16.7. The van der Waals surface area contributed by atoms with Gasteiger partial charge >= 0.3 is 5.16 Å². The Morgan fingerprint density at radius 1 is 1.00 bits per heavy atom. The van der Waals surface area contributed by atoms with Crippen LogP contribution in [0, 0.1) is 0 Å². The third kappa shape index (κ3) is 5.88. The summed E-state index contributed by atoms with van der Waals surface area (Å²) < 4.78 is 0. The SMILES string of the molecule is Oc1ccc(CCNc2nc(N3CCNCC3)nc([S+]3CC3Cc3ccc(Cl)cc3)n2)cc1. The Balaban J connectivity index is 1.28. The molecule has 0 amide bonds. The lowest BCUT2D eigenvalue weighted by atomic mass is 10.1. The average molecular weight is 484 g/mol. The van der Waals surface area contributed by atoms with Crippen molar-refractivity contribution in [3.05, 3.63) is 64.7 Å². The highest BCUT2D eigenvalue weighted by Gasteiger charge is 2.54. The smallest absolute Gasteiger partial charge is 0.352 e. The molecule has 5 rings (SSSR count). The number of piperazine rings is 1. The van der Waals surface area contributed by atoms with Gasteiger partial charge in [-0.05, 0) is 41.8 Å². The third-order valence-corrected chi connectivity index (χ3v) is 8.27. The van der Waals surface area contributed by atoms with E-state index in [1.165, 1.54) is 5.56 Å². The van der Waals surface area contributed by atoms with Crippen LogP contribution >= 0.6 is 11.6 Å². The van der Waals surface area contributed by atoms with Gasteiger partial charge in [0.1, 0.15) is 5.75 Å². The summed E-state index contributed by atoms with van der Waals surface area (Å²) >= 11 is 6.03. The van der Waals surface area contributed by atoms with E-state index in [0.29, 0.717) is 11.2 Å². The van der Waals surface area contributed by atoms with E-state index in [0.717, 1.165) is 73.0 Å². The molecule has 172 valence electrons. The molecule has 0 spiro atoms. The molecule has 2 unspecified atom stereocenters. The molecule has 0 radical (unpaired) electrons. The van der Waals surface area contributed by atoms with E-state index in [1.54, 1.807) is 12.1 Å². The van der Waals surface area contributed by atoms with Crippen molar-refractivity contribution < 1.29 is 5.11 Å². The van der Waals surface area contributed by atoms with Gasteiger partial charge in [-0.2, -0.15) is 4.98 Å². The van der Waals surface area contributed by atoms with Crippen molar-refractivity contribution in [1.29, 1.82) is 0 Å². The second-order valence-electron chi connectivity index (χ2n) is 8.37. The van der Waals surface area contributed by atoms with Gasteiger partial charge in [-0.25, -0.2) is 0 Å². The topological polar surface area (TPSA) is 86.2 Å². The molecule has 0 aliphatic carbocycles. The van der Waals surface area contributed by atoms with Crippen LogP contribution in [-0.4, -0.2) is 63.8 Å². The van der Waals surface area contributed by atoms with E-state index in [1.807, 2.05) is 24.3 Å². The normalized spacial score (nSPS) is 20.0. The van der Waals surface area contributed by atoms with Crippen molar-refractivity contribution in [2.45, 2.75) is 23.2 Å². The highest BCUT2D eigenvalue weighted by molar-refractivity contribution is 8.04. The Morgan fingerprint density at radius 2 is 1.73 bits per heavy atom. The summed E-state index contributed by atoms with van der Waals surface area (Å²) in [5, 5.41) is 18.5. The molecule has 3 N–H and O–H groups in total. The van der Waals surface area contributed by atoms with Gasteiger partial charge in [0, 0.05) is 44.2 Å². The number of aromatic nitrogens is 3. The Hall–Kier alpha value is -2.55. The minimum atomic E-state index is 0.0530. The minimum Gasteiger partial charge on any atom is -0.508 e. The zero-order valence-corrected chi connectivity index (χ0v) is 19.9. The van der Waals surface area contributed by atoms with Crippen molar-refractivity contribution in [2.24, 2.45) is 0 Å². The molecule has 9 heteroatoms. The van der Waals surface area contributed by atoms with E-state index in [4.69, 9.17) is 26.6 Å². The molecule has 2 fully saturated rings. The molecule has 33 heavy (non-hydrogen) atoms. The number of anilines is 2. The second kappa shape index (κ2) is 10.2. The molecule has 0 saturated carbocycles. The van der Waals surface area contributed by atoms with Gasteiger partial charge in [-0.1, -0.05) is 35.9 Å². The van der Waals surface area contributed by atoms with Crippen LogP contribution in [-0.2, 0) is 23.7 Å². The monoisotopic (exact) mass is 483 g/mol. The predicted octanol–water partition coefficient (Wildman–Crippen LogP) is 2.90. The van der Waals surface area contributed by atoms with Crippen LogP contribution < -0.4 is 15.5 Å². The number of nitrogens with zero attached hydrogens (tertiary/aromatic N) is 4. The van der Waals surface area contributed by atoms with Crippen LogP contribution in [0.5, 0.6) is 5.75 Å². The molecular weight excluding hydrogens is 456 g/mol. The molecular formula is C24H28ClN6OS+. The first kappa shape index (κ1) is 22.3. The largest absolute Gasteiger partial charge is 0.508 e. The lowest BCUT2D eigenvalue weighted by Gasteiger charge is -2.27. The number of rotatable bonds is 8. The lowest BCUT2D eigenvalue weighted by Crippen LogP contribution is -2.44. The molecule has 0 bridgehead atoms. The number of nitrogens with one attached hydrogen (secondary N) is 2. The highest BCUT2D eigenvalue weighted by atomic mass is 35.5. The molecule has 2 saturated heterocycles. The molecule has 3 heterocycles. The van der Waals surface area contributed by atoms with E-state index in [9.17, 15) is 5.11 Å². The standard InChI is InChI=1S/C24H27ClN6OS/c25-19-5-1-18(2-6-19)15-21-16-33(21)24-29-22(27-10-9-17-3-7-20(32)8-4-17)28-23(30-24)31-13-11-26-12-14-31/h1-8,21,26H,9-16H2,(H-,27,28,29,30,32)/p+1. The lowest BCUT2D eigenvalue weighted by molar-refractivity contribution is 0.475. The fourth-order valence-corrected chi connectivity index (χ4v) is 5.97. The van der Waals surface area contributed by atoms with Crippen molar-refractivity contribution in [3.63, 3.8) is 0 Å². The first-order valence-electron chi connectivity index (χ1n) is 11.3. The first-order valence-corrected chi connectivity index (χ1v) is 13.2. The fraction of sp³-hybridized carbons (Fsp3) is 0.375. The number of hydrogen-bond donors (Lipinski definition) is 3. The van der Waals surface area contributed by atoms with Gasteiger partial charge in [-0.15, -0.1) is 9.97 Å². The Bertz CT molecular complexity index is 1080. The van der Waals surface area contributed by atoms with Crippen LogP contribution in [0.2, 0.25) is 5.02 Å². The zero-order valence-electron chi connectivity index (χ0n) is 18.4. The van der Waals surface area contributed by atoms with Crippen LogP contribution in [0.3, 0.4) is 0 Å². The number of phenols is 1. The molecule has 7 nitrogen and oxygen atoms in total. The maximum atomic E-state index is 9.47. The summed E-state index contributed by atoms with van der Waals surface area (Å²) in [5.74, 6) is 2.84. The van der Waals surface area contributed by atoms with Crippen molar-refractivity contribution in [3.8, 4) is 5.75 Å². The van der Waals surface area contributed by atoms with E-state index < -0.39 is 0 Å². The van der Waals surface area contributed by atoms with Crippen molar-refractivity contribution in [1.82, 2.24) is 20.3 Å². The second-order valence-corrected chi connectivity index (χ2v) is 11.0. The van der Waals surface area contributed by atoms with Crippen LogP contribution in [0.15, 0.2) is 53.7 Å². The quantitative estimate of drug-likeness (QED) is 0.335. The number of halogens is 1. The van der Waals surface area contributed by atoms with E-state index in [2.05, 4.69) is 27.7 Å². The van der Waals surface area contributed by atoms with E-state index in [-0.39, 0.29) is 16.6 Å². The van der Waals surface area contributed by atoms with Gasteiger partial charge in [-0.3, -0.25) is 0 Å². The van der Waals surface area contributed by atoms with Crippen molar-refractivity contribution >= 4 is 34.4 Å².